The summed E-state index contributed by atoms with van der Waals surface area (Å²) in [5.74, 6) is -0.547. The number of ether oxygens (including phenoxy) is 1. The van der Waals surface area contributed by atoms with Crippen LogP contribution in [0.4, 0.5) is 0 Å². The van der Waals surface area contributed by atoms with Crippen LogP contribution in [0.25, 0.3) is 0 Å². The van der Waals surface area contributed by atoms with Gasteiger partial charge in [-0.2, -0.15) is 4.31 Å². The maximum absolute atomic E-state index is 12.8. The normalized spacial score (nSPS) is 20.9. The molecule has 0 spiro atoms. The van der Waals surface area contributed by atoms with Crippen molar-refractivity contribution in [3.05, 3.63) is 28.8 Å². The van der Waals surface area contributed by atoms with E-state index in [9.17, 15) is 18.0 Å². The Balaban J connectivity index is 1.68. The van der Waals surface area contributed by atoms with Gasteiger partial charge < -0.3 is 9.64 Å². The number of carbonyl (C=O) groups excluding carboxylic acids is 2. The van der Waals surface area contributed by atoms with Crippen LogP contribution < -0.4 is 0 Å². The molecular formula is C19H25ClN2O5S. The Morgan fingerprint density at radius 3 is 2.57 bits per heavy atom. The molecule has 154 valence electrons. The second-order valence-corrected chi connectivity index (χ2v) is 9.73. The zero-order valence-electron chi connectivity index (χ0n) is 15.9. The molecule has 28 heavy (non-hydrogen) atoms. The van der Waals surface area contributed by atoms with Crippen LogP contribution in [0.5, 0.6) is 0 Å². The molecule has 9 heteroatoms. The molecule has 2 saturated heterocycles. The van der Waals surface area contributed by atoms with Gasteiger partial charge in [-0.15, -0.1) is 0 Å². The maximum Gasteiger partial charge on any atom is 0.338 e. The molecule has 7 nitrogen and oxygen atoms in total. The first-order chi connectivity index (χ1) is 13.3. The van der Waals surface area contributed by atoms with Crippen LogP contribution in [0.2, 0.25) is 5.02 Å². The number of piperidine rings is 1. The summed E-state index contributed by atoms with van der Waals surface area (Å²) in [6, 6.07) is 4.00. The van der Waals surface area contributed by atoms with E-state index in [0.29, 0.717) is 32.1 Å². The summed E-state index contributed by atoms with van der Waals surface area (Å²) in [6.07, 6.45) is 3.63. The molecule has 2 heterocycles. The molecule has 2 aliphatic rings. The Kier molecular flexibility index (Phi) is 6.62. The van der Waals surface area contributed by atoms with Gasteiger partial charge in [0.2, 0.25) is 10.0 Å². The summed E-state index contributed by atoms with van der Waals surface area (Å²) in [6.45, 7) is 3.94. The number of benzene rings is 1. The molecule has 1 unspecified atom stereocenters. The first-order valence-electron chi connectivity index (χ1n) is 9.53. The van der Waals surface area contributed by atoms with Crippen LogP contribution in [0.3, 0.4) is 0 Å². The monoisotopic (exact) mass is 428 g/mol. The van der Waals surface area contributed by atoms with Gasteiger partial charge in [0, 0.05) is 26.2 Å². The fourth-order valence-electron chi connectivity index (χ4n) is 3.61. The number of rotatable bonds is 5. The number of likely N-dealkylation sites (tertiary alicyclic amines) is 1. The van der Waals surface area contributed by atoms with Gasteiger partial charge in [-0.05, 0) is 49.8 Å². The fraction of sp³-hybridized carbons (Fsp3) is 0.579. The van der Waals surface area contributed by atoms with E-state index in [4.69, 9.17) is 16.3 Å². The molecule has 3 rings (SSSR count). The smallest absolute Gasteiger partial charge is 0.338 e. The van der Waals surface area contributed by atoms with Crippen molar-refractivity contribution < 1.29 is 22.7 Å². The molecule has 2 aliphatic heterocycles. The Morgan fingerprint density at radius 1 is 1.18 bits per heavy atom. The summed E-state index contributed by atoms with van der Waals surface area (Å²) < 4.78 is 32.0. The number of carbonyl (C=O) groups is 2. The molecule has 2 fully saturated rings. The predicted octanol–water partition coefficient (Wildman–Crippen LogP) is 2.54. The molecule has 0 radical (unpaired) electrons. The number of hydrogen-bond acceptors (Lipinski definition) is 5. The summed E-state index contributed by atoms with van der Waals surface area (Å²) >= 11 is 6.09. The second kappa shape index (κ2) is 8.80. The number of amides is 1. The summed E-state index contributed by atoms with van der Waals surface area (Å²) in [5, 5.41) is 0.0573. The lowest BCUT2D eigenvalue weighted by atomic mass is 10.0. The molecule has 0 bridgehead atoms. The third kappa shape index (κ3) is 4.67. The second-order valence-electron chi connectivity index (χ2n) is 7.42. The van der Waals surface area contributed by atoms with Gasteiger partial charge >= 0.3 is 5.97 Å². The van der Waals surface area contributed by atoms with Crippen molar-refractivity contribution >= 4 is 33.5 Å². The highest BCUT2D eigenvalue weighted by Crippen LogP contribution is 2.28. The van der Waals surface area contributed by atoms with Gasteiger partial charge in [0.1, 0.15) is 4.90 Å². The van der Waals surface area contributed by atoms with Gasteiger partial charge in [-0.25, -0.2) is 13.2 Å². The van der Waals surface area contributed by atoms with Crippen LogP contribution in [0.1, 0.15) is 43.0 Å². The quantitative estimate of drug-likeness (QED) is 0.673. The topological polar surface area (TPSA) is 84.0 Å². The van der Waals surface area contributed by atoms with Gasteiger partial charge in [-0.3, -0.25) is 4.79 Å². The molecule has 1 atom stereocenters. The van der Waals surface area contributed by atoms with Gasteiger partial charge in [0.05, 0.1) is 10.6 Å². The molecular weight excluding hydrogens is 404 g/mol. The third-order valence-electron chi connectivity index (χ3n) is 5.19. The highest BCUT2D eigenvalue weighted by molar-refractivity contribution is 7.89. The van der Waals surface area contributed by atoms with Crippen LogP contribution in [-0.4, -0.2) is 62.3 Å². The zero-order chi connectivity index (χ0) is 20.3. The van der Waals surface area contributed by atoms with E-state index < -0.39 is 16.0 Å². The van der Waals surface area contributed by atoms with Gasteiger partial charge in [-0.1, -0.05) is 18.5 Å². The summed E-state index contributed by atoms with van der Waals surface area (Å²) in [7, 11) is -3.76. The lowest BCUT2D eigenvalue weighted by molar-refractivity contribution is -0.136. The number of esters is 1. The number of hydrogen-bond donors (Lipinski definition) is 0. The molecule has 0 aliphatic carbocycles. The first kappa shape index (κ1) is 21.1. The van der Waals surface area contributed by atoms with Crippen LogP contribution in [0.15, 0.2) is 23.1 Å². The Hall–Kier alpha value is -1.64. The van der Waals surface area contributed by atoms with Crippen molar-refractivity contribution in [3.63, 3.8) is 0 Å². The number of sulfonamides is 1. The fourth-order valence-corrected chi connectivity index (χ4v) is 5.63. The first-order valence-corrected chi connectivity index (χ1v) is 11.4. The summed E-state index contributed by atoms with van der Waals surface area (Å²) in [4.78, 5) is 26.2. The molecule has 1 aromatic carbocycles. The van der Waals surface area contributed by atoms with E-state index in [-0.39, 0.29) is 28.0 Å². The van der Waals surface area contributed by atoms with Gasteiger partial charge in [0.25, 0.3) is 5.91 Å². The third-order valence-corrected chi connectivity index (χ3v) is 7.57. The standard InChI is InChI=1S/C19H25ClN2O5S/c1-14-5-4-8-21(12-14)18(23)13-27-19(24)15-6-7-16(20)17(11-15)28(25,26)22-9-2-3-10-22/h6-7,11,14H,2-5,8-10,12-13H2,1H3. The summed E-state index contributed by atoms with van der Waals surface area (Å²) in [5.41, 5.74) is 0.0574. The zero-order valence-corrected chi connectivity index (χ0v) is 17.5. The Labute approximate surface area is 170 Å². The molecule has 1 aromatic rings. The van der Waals surface area contributed by atoms with E-state index in [1.165, 1.54) is 22.5 Å². The largest absolute Gasteiger partial charge is 0.452 e. The predicted molar refractivity (Wildman–Crippen MR) is 105 cm³/mol. The molecule has 1 amide bonds. The van der Waals surface area contributed by atoms with Crippen molar-refractivity contribution in [1.82, 2.24) is 9.21 Å². The van der Waals surface area contributed by atoms with Crippen molar-refractivity contribution in [3.8, 4) is 0 Å². The Bertz CT molecular complexity index is 852. The minimum atomic E-state index is -3.76. The van der Waals surface area contributed by atoms with Crippen LogP contribution >= 0.6 is 11.6 Å². The van der Waals surface area contributed by atoms with E-state index >= 15 is 0 Å². The average molecular weight is 429 g/mol. The highest BCUT2D eigenvalue weighted by atomic mass is 35.5. The maximum atomic E-state index is 12.8. The molecule has 0 aromatic heterocycles. The van der Waals surface area contributed by atoms with Gasteiger partial charge in [0.15, 0.2) is 6.61 Å². The average Bonchev–Trinajstić information content (AvgIpc) is 3.21. The van der Waals surface area contributed by atoms with E-state index in [1.807, 2.05) is 0 Å². The SMILES string of the molecule is CC1CCCN(C(=O)COC(=O)c2ccc(Cl)c(S(=O)(=O)N3CCCC3)c2)C1. The highest BCUT2D eigenvalue weighted by Gasteiger charge is 2.30. The lowest BCUT2D eigenvalue weighted by Gasteiger charge is -2.30. The van der Waals surface area contributed by atoms with E-state index in [0.717, 1.165) is 25.7 Å². The van der Waals surface area contributed by atoms with Crippen LogP contribution in [0, 0.1) is 5.92 Å². The Morgan fingerprint density at radius 2 is 1.89 bits per heavy atom. The minimum absolute atomic E-state index is 0.0573. The molecule has 0 N–H and O–H groups in total. The lowest BCUT2D eigenvalue weighted by Crippen LogP contribution is -2.41. The molecule has 0 saturated carbocycles. The number of halogens is 1. The number of nitrogens with zero attached hydrogens (tertiary/aromatic N) is 2. The van der Waals surface area contributed by atoms with Crippen LogP contribution in [-0.2, 0) is 19.6 Å². The minimum Gasteiger partial charge on any atom is -0.452 e. The van der Waals surface area contributed by atoms with Crippen molar-refractivity contribution in [2.75, 3.05) is 32.8 Å². The van der Waals surface area contributed by atoms with Crippen molar-refractivity contribution in [1.29, 1.82) is 0 Å². The van der Waals surface area contributed by atoms with E-state index in [2.05, 4.69) is 6.92 Å². The van der Waals surface area contributed by atoms with Crippen molar-refractivity contribution in [2.24, 2.45) is 5.92 Å². The van der Waals surface area contributed by atoms with Crippen molar-refractivity contribution in [2.45, 2.75) is 37.5 Å². The van der Waals surface area contributed by atoms with E-state index in [1.54, 1.807) is 4.90 Å².